The average Bonchev–Trinajstić information content (AvgIpc) is 3.30. The molecule has 4 aliphatic heterocycles. The Balaban J connectivity index is 1.43. The van der Waals surface area contributed by atoms with Crippen molar-refractivity contribution in [1.82, 2.24) is 9.80 Å². The molecule has 0 aliphatic carbocycles. The minimum Gasteiger partial charge on any atom is -0.494 e. The van der Waals surface area contributed by atoms with Crippen molar-refractivity contribution in [2.75, 3.05) is 31.2 Å². The third kappa shape index (κ3) is 5.37. The highest BCUT2D eigenvalue weighted by Gasteiger charge is 2.74. The van der Waals surface area contributed by atoms with Crippen LogP contribution in [-0.2, 0) is 20.9 Å². The standard InChI is InChI=1S/C36H43N3O5S/c1-5-44-28-15-13-26(14-16-28)38-20-9-17-35(4)29(32(38)41)30-33(42)39(27(23-40)21-24(2)3)31-34(43)37(19-10-18-36(30,31)45-35)22-25-11-7-6-8-12-25/h6-18,24,27,29-31,40H,5,19-23H2,1-4H3/t27-,29+,30+,31?,35-,36+/m1/s1. The number of fused-ring (bicyclic) bond motifs is 2. The van der Waals surface area contributed by atoms with Gasteiger partial charge >= 0.3 is 0 Å². The van der Waals surface area contributed by atoms with Crippen molar-refractivity contribution in [2.24, 2.45) is 17.8 Å². The molecule has 4 aliphatic rings. The van der Waals surface area contributed by atoms with Crippen LogP contribution in [0.15, 0.2) is 78.9 Å². The molecule has 4 heterocycles. The van der Waals surface area contributed by atoms with E-state index in [1.807, 2.05) is 86.7 Å². The van der Waals surface area contributed by atoms with E-state index in [2.05, 4.69) is 19.9 Å². The van der Waals surface area contributed by atoms with Crippen LogP contribution in [0.25, 0.3) is 0 Å². The second kappa shape index (κ2) is 12.3. The van der Waals surface area contributed by atoms with Crippen molar-refractivity contribution in [3.63, 3.8) is 0 Å². The number of hydrogen-bond acceptors (Lipinski definition) is 6. The number of carbonyl (C=O) groups excluding carboxylic acids is 3. The molecule has 0 aromatic heterocycles. The first-order valence-electron chi connectivity index (χ1n) is 16.0. The molecule has 6 rings (SSSR count). The van der Waals surface area contributed by atoms with Crippen LogP contribution in [0.3, 0.4) is 0 Å². The summed E-state index contributed by atoms with van der Waals surface area (Å²) < 4.78 is 3.94. The summed E-state index contributed by atoms with van der Waals surface area (Å²) in [6.45, 7) is 9.55. The second-order valence-corrected chi connectivity index (χ2v) is 14.9. The van der Waals surface area contributed by atoms with Gasteiger partial charge in [-0.3, -0.25) is 14.4 Å². The molecular formula is C36H43N3O5S. The molecule has 3 amide bonds. The van der Waals surface area contributed by atoms with Crippen LogP contribution in [0.5, 0.6) is 5.75 Å². The number of anilines is 1. The topological polar surface area (TPSA) is 90.4 Å². The van der Waals surface area contributed by atoms with Gasteiger partial charge in [0.1, 0.15) is 11.8 Å². The van der Waals surface area contributed by atoms with Gasteiger partial charge in [-0.25, -0.2) is 0 Å². The molecule has 45 heavy (non-hydrogen) atoms. The second-order valence-electron chi connectivity index (χ2n) is 13.1. The van der Waals surface area contributed by atoms with Gasteiger partial charge in [0.25, 0.3) is 0 Å². The smallest absolute Gasteiger partial charge is 0.247 e. The Bertz CT molecular complexity index is 1490. The zero-order chi connectivity index (χ0) is 31.9. The normalized spacial score (nSPS) is 29.9. The number of hydrogen-bond donors (Lipinski definition) is 1. The number of aliphatic hydroxyl groups excluding tert-OH is 1. The summed E-state index contributed by atoms with van der Waals surface area (Å²) >= 11 is 1.57. The minimum absolute atomic E-state index is 0.134. The largest absolute Gasteiger partial charge is 0.494 e. The molecule has 2 aromatic carbocycles. The van der Waals surface area contributed by atoms with Crippen molar-refractivity contribution < 1.29 is 24.2 Å². The highest BCUT2D eigenvalue weighted by molar-refractivity contribution is 8.02. The maximum atomic E-state index is 14.9. The van der Waals surface area contributed by atoms with E-state index in [-0.39, 0.29) is 30.2 Å². The first kappa shape index (κ1) is 31.4. The number of likely N-dealkylation sites (tertiary alicyclic amines) is 1. The van der Waals surface area contributed by atoms with E-state index >= 15 is 0 Å². The fourth-order valence-electron chi connectivity index (χ4n) is 7.79. The Morgan fingerprint density at radius 1 is 0.933 bits per heavy atom. The van der Waals surface area contributed by atoms with Gasteiger partial charge in [-0.15, -0.1) is 11.8 Å². The van der Waals surface area contributed by atoms with Crippen molar-refractivity contribution in [3.05, 3.63) is 84.5 Å². The van der Waals surface area contributed by atoms with E-state index < -0.39 is 33.4 Å². The number of ether oxygens (including phenoxy) is 1. The lowest BCUT2D eigenvalue weighted by Gasteiger charge is -2.40. The average molecular weight is 630 g/mol. The van der Waals surface area contributed by atoms with E-state index in [9.17, 15) is 19.5 Å². The fraction of sp³-hybridized carbons (Fsp3) is 0.472. The van der Waals surface area contributed by atoms with Gasteiger partial charge in [0, 0.05) is 30.1 Å². The van der Waals surface area contributed by atoms with Crippen LogP contribution in [0.2, 0.25) is 0 Å². The van der Waals surface area contributed by atoms with E-state index in [1.54, 1.807) is 26.5 Å². The Morgan fingerprint density at radius 3 is 2.31 bits per heavy atom. The molecule has 2 fully saturated rings. The zero-order valence-electron chi connectivity index (χ0n) is 26.5. The number of thioether (sulfide) groups is 1. The molecule has 6 atom stereocenters. The van der Waals surface area contributed by atoms with Crippen LogP contribution in [0.1, 0.15) is 39.7 Å². The maximum Gasteiger partial charge on any atom is 0.247 e. The summed E-state index contributed by atoms with van der Waals surface area (Å²) in [5.41, 5.74) is 1.74. The van der Waals surface area contributed by atoms with Crippen LogP contribution in [0, 0.1) is 17.8 Å². The summed E-state index contributed by atoms with van der Waals surface area (Å²) in [6.07, 6.45) is 8.67. The predicted octanol–water partition coefficient (Wildman–Crippen LogP) is 4.68. The van der Waals surface area contributed by atoms with Gasteiger partial charge in [-0.2, -0.15) is 0 Å². The Morgan fingerprint density at radius 2 is 1.64 bits per heavy atom. The molecular weight excluding hydrogens is 586 g/mol. The molecule has 2 saturated heterocycles. The Labute approximate surface area is 270 Å². The van der Waals surface area contributed by atoms with Crippen molar-refractivity contribution in [1.29, 1.82) is 0 Å². The van der Waals surface area contributed by atoms with Crippen molar-refractivity contribution in [2.45, 2.75) is 62.2 Å². The first-order valence-corrected chi connectivity index (χ1v) is 16.8. The number of carbonyl (C=O) groups is 3. The molecule has 9 heteroatoms. The number of benzene rings is 2. The highest BCUT2D eigenvalue weighted by Crippen LogP contribution is 2.66. The number of amides is 3. The minimum atomic E-state index is -0.967. The summed E-state index contributed by atoms with van der Waals surface area (Å²) in [5, 5.41) is 10.7. The van der Waals surface area contributed by atoms with E-state index in [0.717, 1.165) is 17.0 Å². The van der Waals surface area contributed by atoms with Gasteiger partial charge in [0.05, 0.1) is 35.8 Å². The lowest BCUT2D eigenvalue weighted by molar-refractivity contribution is -0.146. The molecule has 2 aromatic rings. The number of rotatable bonds is 9. The maximum absolute atomic E-state index is 14.9. The summed E-state index contributed by atoms with van der Waals surface area (Å²) in [7, 11) is 0. The third-order valence-corrected chi connectivity index (χ3v) is 11.4. The van der Waals surface area contributed by atoms with Gasteiger partial charge in [0.15, 0.2) is 0 Å². The third-order valence-electron chi connectivity index (χ3n) is 9.60. The molecule has 0 radical (unpaired) electrons. The number of aliphatic hydroxyl groups is 1. The molecule has 8 nitrogen and oxygen atoms in total. The summed E-state index contributed by atoms with van der Waals surface area (Å²) in [4.78, 5) is 49.5. The van der Waals surface area contributed by atoms with Crippen molar-refractivity contribution in [3.8, 4) is 5.75 Å². The highest BCUT2D eigenvalue weighted by atomic mass is 32.2. The molecule has 1 N–H and O–H groups in total. The molecule has 0 bridgehead atoms. The molecule has 238 valence electrons. The Kier molecular flexibility index (Phi) is 8.61. The van der Waals surface area contributed by atoms with E-state index in [0.29, 0.717) is 32.7 Å². The fourth-order valence-corrected chi connectivity index (χ4v) is 9.93. The van der Waals surface area contributed by atoms with Gasteiger partial charge < -0.3 is 24.5 Å². The first-order chi connectivity index (χ1) is 21.6. The SMILES string of the molecule is CCOc1ccc(N2CC=C[C@@]3(C)S[C@]45C=CCN(Cc6ccccc6)C(=O)C4N([C@@H](CO)CC(C)C)C(=O)[C@@H]5[C@H]3C2=O)cc1. The van der Waals surface area contributed by atoms with Gasteiger partial charge in [-0.05, 0) is 56.0 Å². The molecule has 0 saturated carbocycles. The van der Waals surface area contributed by atoms with Crippen LogP contribution in [0.4, 0.5) is 5.69 Å². The molecule has 1 unspecified atom stereocenters. The lowest BCUT2D eigenvalue weighted by atomic mass is 9.74. The quantitative estimate of drug-likeness (QED) is 0.406. The summed E-state index contributed by atoms with van der Waals surface area (Å²) in [6, 6.07) is 15.9. The van der Waals surface area contributed by atoms with Crippen molar-refractivity contribution >= 4 is 35.2 Å². The van der Waals surface area contributed by atoms with Gasteiger partial charge in [0.2, 0.25) is 17.7 Å². The van der Waals surface area contributed by atoms with E-state index in [1.165, 1.54) is 0 Å². The van der Waals surface area contributed by atoms with E-state index in [4.69, 9.17) is 4.74 Å². The predicted molar refractivity (Wildman–Crippen MR) is 177 cm³/mol. The summed E-state index contributed by atoms with van der Waals surface area (Å²) in [5.74, 6) is -1.05. The monoisotopic (exact) mass is 629 g/mol. The lowest BCUT2D eigenvalue weighted by Crippen LogP contribution is -2.56. The van der Waals surface area contributed by atoms with Crippen LogP contribution in [-0.4, -0.2) is 80.5 Å². The Hall–Kier alpha value is -3.56. The molecule has 1 spiro atoms. The van der Waals surface area contributed by atoms with Crippen LogP contribution < -0.4 is 9.64 Å². The number of nitrogens with zero attached hydrogens (tertiary/aromatic N) is 3. The van der Waals surface area contributed by atoms with Gasteiger partial charge in [-0.1, -0.05) is 68.5 Å². The zero-order valence-corrected chi connectivity index (χ0v) is 27.3. The van der Waals surface area contributed by atoms with Crippen LogP contribution >= 0.6 is 11.8 Å².